The smallest absolute Gasteiger partial charge is 0.348 e. The van der Waals surface area contributed by atoms with Crippen LogP contribution in [0.25, 0.3) is 0 Å². The van der Waals surface area contributed by atoms with Crippen LogP contribution in [0.1, 0.15) is 32.5 Å². The zero-order valence-electron chi connectivity index (χ0n) is 17.4. The van der Waals surface area contributed by atoms with Gasteiger partial charge in [0.1, 0.15) is 15.6 Å². The molecule has 0 aliphatic rings. The molecule has 9 heteroatoms. The summed E-state index contributed by atoms with van der Waals surface area (Å²) in [4.78, 5) is 38.1. The van der Waals surface area contributed by atoms with Crippen LogP contribution in [0.15, 0.2) is 54.6 Å². The number of esters is 1. The first-order chi connectivity index (χ1) is 15.4. The minimum Gasteiger partial charge on any atom is -0.484 e. The number of carbonyl (C=O) groups excluding carboxylic acids is 3. The van der Waals surface area contributed by atoms with E-state index in [0.29, 0.717) is 22.0 Å². The fraction of sp³-hybridized carbons (Fsp3) is 0.174. The normalized spacial score (nSPS) is 10.3. The van der Waals surface area contributed by atoms with Gasteiger partial charge in [-0.3, -0.25) is 9.59 Å². The van der Waals surface area contributed by atoms with Crippen molar-refractivity contribution in [2.45, 2.75) is 13.8 Å². The maximum Gasteiger partial charge on any atom is 0.348 e. The number of benzene rings is 2. The number of halogens is 1. The Labute approximate surface area is 194 Å². The largest absolute Gasteiger partial charge is 0.484 e. The molecule has 32 heavy (non-hydrogen) atoms. The number of ether oxygens (including phenoxy) is 2. The van der Waals surface area contributed by atoms with Crippen molar-refractivity contribution < 1.29 is 23.9 Å². The molecule has 1 aromatic heterocycles. The molecule has 0 radical (unpaired) electrons. The third-order valence-electron chi connectivity index (χ3n) is 4.30. The number of amides is 2. The van der Waals surface area contributed by atoms with Crippen molar-refractivity contribution in [3.63, 3.8) is 0 Å². The molecule has 7 nitrogen and oxygen atoms in total. The van der Waals surface area contributed by atoms with Crippen molar-refractivity contribution in [1.29, 1.82) is 0 Å². The van der Waals surface area contributed by atoms with E-state index in [1.165, 1.54) is 0 Å². The number of hydrogen-bond donors (Lipinski definition) is 2. The van der Waals surface area contributed by atoms with E-state index in [9.17, 15) is 14.4 Å². The Morgan fingerprint density at radius 3 is 2.34 bits per heavy atom. The molecule has 0 fully saturated rings. The molecule has 0 aliphatic heterocycles. The molecular weight excluding hydrogens is 452 g/mol. The SMILES string of the molecule is CCOC(=O)c1sc(NC(=O)COc2ccc(Cl)cc2)c(C(=O)Nc2ccccc2)c1C. The molecule has 0 unspecified atom stereocenters. The average Bonchev–Trinajstić information content (AvgIpc) is 3.10. The fourth-order valence-corrected chi connectivity index (χ4v) is 4.06. The van der Waals surface area contributed by atoms with Crippen LogP contribution in [0.2, 0.25) is 5.02 Å². The number of hydrogen-bond acceptors (Lipinski definition) is 6. The monoisotopic (exact) mass is 472 g/mol. The minimum atomic E-state index is -0.554. The predicted octanol–water partition coefficient (Wildman–Crippen LogP) is 5.16. The van der Waals surface area contributed by atoms with Gasteiger partial charge in [0, 0.05) is 10.7 Å². The third-order valence-corrected chi connectivity index (χ3v) is 5.74. The molecule has 0 spiro atoms. The molecule has 1 heterocycles. The highest BCUT2D eigenvalue weighted by Crippen LogP contribution is 2.34. The van der Waals surface area contributed by atoms with E-state index < -0.39 is 17.8 Å². The van der Waals surface area contributed by atoms with Gasteiger partial charge in [-0.15, -0.1) is 11.3 Å². The van der Waals surface area contributed by atoms with Crippen LogP contribution in [-0.4, -0.2) is 31.0 Å². The topological polar surface area (TPSA) is 93.7 Å². The molecule has 0 aliphatic carbocycles. The molecule has 2 N–H and O–H groups in total. The van der Waals surface area contributed by atoms with Crippen LogP contribution >= 0.6 is 22.9 Å². The van der Waals surface area contributed by atoms with Crippen LogP contribution in [0.5, 0.6) is 5.75 Å². The molecule has 0 bridgehead atoms. The first kappa shape index (κ1) is 23.3. The highest BCUT2D eigenvalue weighted by molar-refractivity contribution is 7.18. The van der Waals surface area contributed by atoms with Gasteiger partial charge in [-0.05, 0) is 55.8 Å². The van der Waals surface area contributed by atoms with E-state index in [1.807, 2.05) is 6.07 Å². The van der Waals surface area contributed by atoms with Gasteiger partial charge in [0.25, 0.3) is 11.8 Å². The zero-order chi connectivity index (χ0) is 23.1. The van der Waals surface area contributed by atoms with Crippen molar-refractivity contribution >= 4 is 51.4 Å². The lowest BCUT2D eigenvalue weighted by Crippen LogP contribution is -2.22. The van der Waals surface area contributed by atoms with Gasteiger partial charge in [-0.25, -0.2) is 4.79 Å². The van der Waals surface area contributed by atoms with Crippen LogP contribution in [0.3, 0.4) is 0 Å². The second kappa shape index (κ2) is 10.8. The summed E-state index contributed by atoms with van der Waals surface area (Å²) in [5.74, 6) is -1.01. The van der Waals surface area contributed by atoms with Crippen LogP contribution in [0.4, 0.5) is 10.7 Å². The summed E-state index contributed by atoms with van der Waals surface area (Å²) in [5, 5.41) is 6.25. The second-order valence-electron chi connectivity index (χ2n) is 6.59. The summed E-state index contributed by atoms with van der Waals surface area (Å²) >= 11 is 6.83. The Bertz CT molecular complexity index is 1110. The average molecular weight is 473 g/mol. The predicted molar refractivity (Wildman–Crippen MR) is 125 cm³/mol. The highest BCUT2D eigenvalue weighted by Gasteiger charge is 2.26. The number of thiophene rings is 1. The fourth-order valence-electron chi connectivity index (χ4n) is 2.82. The van der Waals surface area contributed by atoms with E-state index in [-0.39, 0.29) is 28.7 Å². The second-order valence-corrected chi connectivity index (χ2v) is 8.05. The van der Waals surface area contributed by atoms with Gasteiger partial charge in [0.2, 0.25) is 0 Å². The Hall–Kier alpha value is -3.36. The minimum absolute atomic E-state index is 0.193. The number of carbonyl (C=O) groups is 3. The Balaban J connectivity index is 1.81. The Morgan fingerprint density at radius 2 is 1.69 bits per heavy atom. The highest BCUT2D eigenvalue weighted by atomic mass is 35.5. The van der Waals surface area contributed by atoms with Crippen LogP contribution in [-0.2, 0) is 9.53 Å². The van der Waals surface area contributed by atoms with Gasteiger partial charge in [0.05, 0.1) is 12.2 Å². The van der Waals surface area contributed by atoms with Crippen molar-refractivity contribution in [3.05, 3.63) is 75.6 Å². The summed E-state index contributed by atoms with van der Waals surface area (Å²) in [5.41, 5.74) is 1.21. The first-order valence-corrected chi connectivity index (χ1v) is 10.9. The lowest BCUT2D eigenvalue weighted by Gasteiger charge is -2.10. The third kappa shape index (κ3) is 5.87. The molecule has 3 aromatic rings. The van der Waals surface area contributed by atoms with E-state index in [0.717, 1.165) is 11.3 Å². The van der Waals surface area contributed by atoms with Gasteiger partial charge in [0.15, 0.2) is 6.61 Å². The number of nitrogens with one attached hydrogen (secondary N) is 2. The van der Waals surface area contributed by atoms with Crippen molar-refractivity contribution in [3.8, 4) is 5.75 Å². The van der Waals surface area contributed by atoms with E-state index in [2.05, 4.69) is 10.6 Å². The maximum absolute atomic E-state index is 13.0. The molecular formula is C23H21ClN2O5S. The van der Waals surface area contributed by atoms with Crippen molar-refractivity contribution in [1.82, 2.24) is 0 Å². The van der Waals surface area contributed by atoms with Crippen molar-refractivity contribution in [2.24, 2.45) is 0 Å². The molecule has 2 amide bonds. The standard InChI is InChI=1S/C23H21ClN2O5S/c1-3-30-23(29)20-14(2)19(21(28)25-16-7-5-4-6-8-16)22(32-20)26-18(27)13-31-17-11-9-15(24)10-12-17/h4-12H,3,13H2,1-2H3,(H,25,28)(H,26,27). The van der Waals surface area contributed by atoms with E-state index in [1.54, 1.807) is 62.4 Å². The first-order valence-electron chi connectivity index (χ1n) is 9.74. The molecule has 0 saturated carbocycles. The zero-order valence-corrected chi connectivity index (χ0v) is 19.0. The molecule has 0 atom stereocenters. The molecule has 0 saturated heterocycles. The number of para-hydroxylation sites is 1. The summed E-state index contributed by atoms with van der Waals surface area (Å²) in [6.07, 6.45) is 0. The summed E-state index contributed by atoms with van der Waals surface area (Å²) in [7, 11) is 0. The Morgan fingerprint density at radius 1 is 1.00 bits per heavy atom. The number of anilines is 2. The Kier molecular flexibility index (Phi) is 7.86. The van der Waals surface area contributed by atoms with Crippen LogP contribution < -0.4 is 15.4 Å². The van der Waals surface area contributed by atoms with E-state index >= 15 is 0 Å². The van der Waals surface area contributed by atoms with E-state index in [4.69, 9.17) is 21.1 Å². The summed E-state index contributed by atoms with van der Waals surface area (Å²) in [6, 6.07) is 15.5. The lowest BCUT2D eigenvalue weighted by atomic mass is 10.1. The maximum atomic E-state index is 13.0. The van der Waals surface area contributed by atoms with Gasteiger partial charge in [-0.2, -0.15) is 0 Å². The molecule has 166 valence electrons. The summed E-state index contributed by atoms with van der Waals surface area (Å²) < 4.78 is 10.5. The number of rotatable bonds is 8. The lowest BCUT2D eigenvalue weighted by molar-refractivity contribution is -0.118. The summed E-state index contributed by atoms with van der Waals surface area (Å²) in [6.45, 7) is 3.24. The van der Waals surface area contributed by atoms with Gasteiger partial charge in [-0.1, -0.05) is 29.8 Å². The molecule has 2 aromatic carbocycles. The molecule has 3 rings (SSSR count). The van der Waals surface area contributed by atoms with Crippen LogP contribution in [0, 0.1) is 6.92 Å². The van der Waals surface area contributed by atoms with Gasteiger partial charge >= 0.3 is 5.97 Å². The quantitative estimate of drug-likeness (QED) is 0.442. The van der Waals surface area contributed by atoms with Crippen molar-refractivity contribution in [2.75, 3.05) is 23.8 Å². The van der Waals surface area contributed by atoms with Gasteiger partial charge < -0.3 is 20.1 Å².